The van der Waals surface area contributed by atoms with E-state index in [4.69, 9.17) is 10.7 Å². The Bertz CT molecular complexity index is 409. The Morgan fingerprint density at radius 2 is 2.17 bits per heavy atom. The van der Waals surface area contributed by atoms with Crippen molar-refractivity contribution in [3.8, 4) is 0 Å². The lowest BCUT2D eigenvalue weighted by Crippen LogP contribution is -2.21. The molecule has 0 aromatic carbocycles. The third-order valence-corrected chi connectivity index (χ3v) is 6.48. The van der Waals surface area contributed by atoms with E-state index in [1.165, 1.54) is 17.9 Å². The van der Waals surface area contributed by atoms with Crippen molar-refractivity contribution in [2.45, 2.75) is 43.7 Å². The summed E-state index contributed by atoms with van der Waals surface area (Å²) in [5.41, 5.74) is 7.99. The maximum Gasteiger partial charge on any atom is 0.142 e. The van der Waals surface area contributed by atoms with E-state index in [2.05, 4.69) is 23.7 Å². The van der Waals surface area contributed by atoms with E-state index in [1.54, 1.807) is 0 Å². The fourth-order valence-corrected chi connectivity index (χ4v) is 5.22. The molecule has 0 radical (unpaired) electrons. The third kappa shape index (κ3) is 3.00. The highest BCUT2D eigenvalue weighted by atomic mass is 32.2. The van der Waals surface area contributed by atoms with Crippen molar-refractivity contribution in [3.05, 3.63) is 23.3 Å². The van der Waals surface area contributed by atoms with Crippen LogP contribution in [-0.2, 0) is 0 Å². The average Bonchev–Trinajstić information content (AvgIpc) is 2.38. The molecule has 0 saturated carbocycles. The Balaban J connectivity index is 2.24. The van der Waals surface area contributed by atoms with Crippen LogP contribution in [0, 0.1) is 6.92 Å². The zero-order valence-electron chi connectivity index (χ0n) is 11.2. The quantitative estimate of drug-likeness (QED) is 0.923. The second kappa shape index (κ2) is 6.26. The van der Waals surface area contributed by atoms with E-state index in [0.717, 1.165) is 17.1 Å². The summed E-state index contributed by atoms with van der Waals surface area (Å²) < 4.78 is 0. The average molecular weight is 283 g/mol. The minimum absolute atomic E-state index is 0.00871. The van der Waals surface area contributed by atoms with Gasteiger partial charge in [-0.2, -0.15) is 11.8 Å². The number of aryl methyl sites for hydroxylation is 1. The van der Waals surface area contributed by atoms with Crippen molar-refractivity contribution < 1.29 is 0 Å². The molecule has 1 fully saturated rings. The van der Waals surface area contributed by atoms with Gasteiger partial charge in [0.25, 0.3) is 0 Å². The van der Waals surface area contributed by atoms with E-state index in [9.17, 15) is 0 Å². The van der Waals surface area contributed by atoms with E-state index in [0.29, 0.717) is 10.5 Å². The first-order chi connectivity index (χ1) is 8.63. The molecule has 1 saturated heterocycles. The largest absolute Gasteiger partial charge is 0.324 e. The lowest BCUT2D eigenvalue weighted by atomic mass is 10.1. The number of thioether (sulfide) groups is 2. The van der Waals surface area contributed by atoms with Crippen LogP contribution in [-0.4, -0.2) is 26.7 Å². The van der Waals surface area contributed by atoms with Gasteiger partial charge in [0, 0.05) is 40.3 Å². The first-order valence-electron chi connectivity index (χ1n) is 6.45. The number of rotatable bonds is 3. The Labute approximate surface area is 118 Å². The molecule has 2 rings (SSSR count). The van der Waals surface area contributed by atoms with Crippen molar-refractivity contribution in [1.82, 2.24) is 9.97 Å². The Kier molecular flexibility index (Phi) is 4.92. The van der Waals surface area contributed by atoms with Gasteiger partial charge in [-0.3, -0.25) is 0 Å². The van der Waals surface area contributed by atoms with Gasteiger partial charge in [0.15, 0.2) is 0 Å². The van der Waals surface area contributed by atoms with Crippen molar-refractivity contribution in [3.63, 3.8) is 0 Å². The molecule has 2 N–H and O–H groups in total. The minimum atomic E-state index is 0.00871. The highest BCUT2D eigenvalue weighted by Crippen LogP contribution is 2.42. The van der Waals surface area contributed by atoms with E-state index in [-0.39, 0.29) is 6.04 Å². The second-order valence-corrected chi connectivity index (χ2v) is 7.26. The monoisotopic (exact) mass is 283 g/mol. The SMILES string of the molecule is CCC1SCCSC1c1ncc(C(C)N)c(C)n1. The van der Waals surface area contributed by atoms with Crippen molar-refractivity contribution in [2.75, 3.05) is 11.5 Å². The molecule has 1 aromatic heterocycles. The van der Waals surface area contributed by atoms with E-state index in [1.807, 2.05) is 31.8 Å². The molecule has 0 amide bonds. The molecular formula is C13H21N3S2. The molecular weight excluding hydrogens is 262 g/mol. The van der Waals surface area contributed by atoms with E-state index < -0.39 is 0 Å². The predicted molar refractivity (Wildman–Crippen MR) is 81.1 cm³/mol. The summed E-state index contributed by atoms with van der Waals surface area (Å²) in [7, 11) is 0. The summed E-state index contributed by atoms with van der Waals surface area (Å²) >= 11 is 4.05. The summed E-state index contributed by atoms with van der Waals surface area (Å²) in [5.74, 6) is 3.43. The van der Waals surface area contributed by atoms with Gasteiger partial charge in [0.2, 0.25) is 0 Å². The molecule has 0 aliphatic carbocycles. The summed E-state index contributed by atoms with van der Waals surface area (Å²) in [5, 5.41) is 1.08. The van der Waals surface area contributed by atoms with Gasteiger partial charge in [-0.15, -0.1) is 11.8 Å². The molecule has 2 heterocycles. The van der Waals surface area contributed by atoms with Gasteiger partial charge in [-0.1, -0.05) is 6.92 Å². The van der Waals surface area contributed by atoms with E-state index >= 15 is 0 Å². The van der Waals surface area contributed by atoms with Crippen molar-refractivity contribution in [2.24, 2.45) is 5.73 Å². The molecule has 1 aliphatic heterocycles. The van der Waals surface area contributed by atoms with Gasteiger partial charge in [-0.25, -0.2) is 9.97 Å². The normalized spacial score (nSPS) is 26.0. The molecule has 1 aliphatic rings. The Morgan fingerprint density at radius 1 is 1.44 bits per heavy atom. The summed E-state index contributed by atoms with van der Waals surface area (Å²) in [6, 6.07) is 0.00871. The smallest absolute Gasteiger partial charge is 0.142 e. The van der Waals surface area contributed by atoms with Crippen LogP contribution in [0.5, 0.6) is 0 Å². The molecule has 0 spiro atoms. The van der Waals surface area contributed by atoms with Crippen LogP contribution >= 0.6 is 23.5 Å². The van der Waals surface area contributed by atoms with Crippen LogP contribution in [0.25, 0.3) is 0 Å². The van der Waals surface area contributed by atoms with Crippen LogP contribution in [0.3, 0.4) is 0 Å². The highest BCUT2D eigenvalue weighted by molar-refractivity contribution is 8.06. The topological polar surface area (TPSA) is 51.8 Å². The summed E-state index contributed by atoms with van der Waals surface area (Å²) in [6.45, 7) is 6.26. The fourth-order valence-electron chi connectivity index (χ4n) is 2.22. The number of nitrogens with zero attached hydrogens (tertiary/aromatic N) is 2. The molecule has 100 valence electrons. The lowest BCUT2D eigenvalue weighted by Gasteiger charge is -2.29. The molecule has 0 bridgehead atoms. The first-order valence-corrected chi connectivity index (χ1v) is 8.55. The molecule has 5 heteroatoms. The highest BCUT2D eigenvalue weighted by Gasteiger charge is 2.28. The van der Waals surface area contributed by atoms with Gasteiger partial charge < -0.3 is 5.73 Å². The molecule has 1 aromatic rings. The molecule has 3 unspecified atom stereocenters. The maximum atomic E-state index is 5.91. The third-order valence-electron chi connectivity index (χ3n) is 3.23. The van der Waals surface area contributed by atoms with Gasteiger partial charge in [-0.05, 0) is 20.3 Å². The number of hydrogen-bond acceptors (Lipinski definition) is 5. The second-order valence-electron chi connectivity index (χ2n) is 4.67. The number of nitrogens with two attached hydrogens (primary N) is 1. The van der Waals surface area contributed by atoms with Crippen LogP contribution in [0.1, 0.15) is 48.6 Å². The fraction of sp³-hybridized carbons (Fsp3) is 0.692. The zero-order chi connectivity index (χ0) is 13.1. The predicted octanol–water partition coefficient (Wildman–Crippen LogP) is 3.10. The van der Waals surface area contributed by atoms with Crippen LogP contribution in [0.15, 0.2) is 6.20 Å². The summed E-state index contributed by atoms with van der Waals surface area (Å²) in [6.07, 6.45) is 3.09. The molecule has 18 heavy (non-hydrogen) atoms. The standard InChI is InChI=1S/C13H21N3S2/c1-4-11-12(18-6-5-17-11)13-15-7-10(8(2)14)9(3)16-13/h7-8,11-12H,4-6,14H2,1-3H3. The van der Waals surface area contributed by atoms with Gasteiger partial charge in [0.1, 0.15) is 5.82 Å². The van der Waals surface area contributed by atoms with Crippen molar-refractivity contribution in [1.29, 1.82) is 0 Å². The number of hydrogen-bond donors (Lipinski definition) is 1. The minimum Gasteiger partial charge on any atom is -0.324 e. The Hall–Kier alpha value is -0.260. The van der Waals surface area contributed by atoms with Crippen LogP contribution in [0.2, 0.25) is 0 Å². The van der Waals surface area contributed by atoms with Crippen molar-refractivity contribution >= 4 is 23.5 Å². The Morgan fingerprint density at radius 3 is 2.78 bits per heavy atom. The van der Waals surface area contributed by atoms with Crippen LogP contribution < -0.4 is 5.73 Å². The van der Waals surface area contributed by atoms with Gasteiger partial charge in [0.05, 0.1) is 5.25 Å². The number of aromatic nitrogens is 2. The lowest BCUT2D eigenvalue weighted by molar-refractivity contribution is 0.725. The summed E-state index contributed by atoms with van der Waals surface area (Å²) in [4.78, 5) is 9.25. The first kappa shape index (κ1) is 14.2. The molecule has 3 atom stereocenters. The zero-order valence-corrected chi connectivity index (χ0v) is 12.9. The maximum absolute atomic E-state index is 5.91. The van der Waals surface area contributed by atoms with Gasteiger partial charge >= 0.3 is 0 Å². The molecule has 3 nitrogen and oxygen atoms in total. The van der Waals surface area contributed by atoms with Crippen LogP contribution in [0.4, 0.5) is 0 Å².